The molecule has 26 heavy (non-hydrogen) atoms. The fraction of sp³-hybridized carbons (Fsp3) is 0.500. The van der Waals surface area contributed by atoms with E-state index in [-0.39, 0.29) is 25.0 Å². The van der Waals surface area contributed by atoms with Gasteiger partial charge in [0.2, 0.25) is 0 Å². The molecule has 0 saturated heterocycles. The molecule has 0 aliphatic carbocycles. The lowest BCUT2D eigenvalue weighted by molar-refractivity contribution is -0.137. The molecule has 2 N–H and O–H groups in total. The Kier molecular flexibility index (Phi) is 24.0. The van der Waals surface area contributed by atoms with Crippen LogP contribution < -0.4 is 5.73 Å². The number of carbonyl (C=O) groups is 1. The molecule has 0 amide bonds. The van der Waals surface area contributed by atoms with Gasteiger partial charge in [-0.3, -0.25) is 0 Å². The number of carbonyl (C=O) groups excluding carboxylic acids is 1. The number of halogens is 1. The molecule has 0 rings (SSSR count). The lowest BCUT2D eigenvalue weighted by Crippen LogP contribution is -2.11. The first kappa shape index (κ1) is 26.6. The van der Waals surface area contributed by atoms with Crippen LogP contribution in [0.25, 0.3) is 0 Å². The monoisotopic (exact) mass is 381 g/mol. The van der Waals surface area contributed by atoms with Crippen LogP contribution in [0.3, 0.4) is 0 Å². The molecule has 0 heterocycles. The number of allylic oxidation sites excluding steroid dienone is 9. The topological polar surface area (TPSA) is 52.3 Å². The standard InChI is InChI=1S/C22H35NO2.ClH/c1-2-3-4-5-6-7-8-9-10-11-12-13-14-15-16-17-18-19-22(24)25-21-20-23;/h10-19H,2-9,20-21,23H2,1H3;1H. The minimum Gasteiger partial charge on any atom is -0.461 e. The van der Waals surface area contributed by atoms with E-state index in [2.05, 4.69) is 19.1 Å². The van der Waals surface area contributed by atoms with Crippen LogP contribution in [-0.2, 0) is 9.53 Å². The molecule has 0 aromatic heterocycles. The van der Waals surface area contributed by atoms with Crippen molar-refractivity contribution in [1.82, 2.24) is 0 Å². The molecule has 0 aliphatic heterocycles. The van der Waals surface area contributed by atoms with Gasteiger partial charge in [0, 0.05) is 12.6 Å². The van der Waals surface area contributed by atoms with E-state index in [0.29, 0.717) is 6.54 Å². The van der Waals surface area contributed by atoms with Crippen molar-refractivity contribution in [3.8, 4) is 0 Å². The zero-order valence-electron chi connectivity index (χ0n) is 16.1. The van der Waals surface area contributed by atoms with Crippen LogP contribution >= 0.6 is 12.4 Å². The molecule has 0 aromatic carbocycles. The lowest BCUT2D eigenvalue weighted by Gasteiger charge is -1.98. The zero-order valence-corrected chi connectivity index (χ0v) is 17.0. The molecule has 0 atom stereocenters. The normalized spacial score (nSPS) is 12.1. The van der Waals surface area contributed by atoms with Gasteiger partial charge in [0.25, 0.3) is 0 Å². The Balaban J connectivity index is 0. The van der Waals surface area contributed by atoms with Crippen molar-refractivity contribution in [1.29, 1.82) is 0 Å². The van der Waals surface area contributed by atoms with Crippen LogP contribution in [-0.4, -0.2) is 19.1 Å². The zero-order chi connectivity index (χ0) is 18.4. The Morgan fingerprint density at radius 1 is 0.808 bits per heavy atom. The van der Waals surface area contributed by atoms with Gasteiger partial charge in [-0.1, -0.05) is 100 Å². The quantitative estimate of drug-likeness (QED) is 0.168. The number of esters is 1. The summed E-state index contributed by atoms with van der Waals surface area (Å²) in [6.07, 6.45) is 29.5. The fourth-order valence-corrected chi connectivity index (χ4v) is 2.12. The average molecular weight is 382 g/mol. The summed E-state index contributed by atoms with van der Waals surface area (Å²) in [5.74, 6) is -0.370. The maximum Gasteiger partial charge on any atom is 0.330 e. The summed E-state index contributed by atoms with van der Waals surface area (Å²) in [6, 6.07) is 0. The van der Waals surface area contributed by atoms with Crippen molar-refractivity contribution in [2.75, 3.05) is 13.2 Å². The maximum atomic E-state index is 11.1. The highest BCUT2D eigenvalue weighted by molar-refractivity contribution is 5.85. The molecule has 0 radical (unpaired) electrons. The van der Waals surface area contributed by atoms with Gasteiger partial charge in [-0.2, -0.15) is 0 Å². The summed E-state index contributed by atoms with van der Waals surface area (Å²) in [5, 5.41) is 0. The Labute approximate surface area is 166 Å². The lowest BCUT2D eigenvalue weighted by atomic mass is 10.1. The van der Waals surface area contributed by atoms with Crippen LogP contribution in [0.4, 0.5) is 0 Å². The molecule has 4 heteroatoms. The third-order valence-corrected chi connectivity index (χ3v) is 3.48. The molecule has 0 aromatic rings. The molecule has 0 spiro atoms. The van der Waals surface area contributed by atoms with E-state index in [0.717, 1.165) is 6.42 Å². The van der Waals surface area contributed by atoms with E-state index in [1.807, 2.05) is 30.4 Å². The van der Waals surface area contributed by atoms with Gasteiger partial charge in [-0.05, 0) is 12.8 Å². The van der Waals surface area contributed by atoms with Gasteiger partial charge in [-0.15, -0.1) is 12.4 Å². The van der Waals surface area contributed by atoms with Crippen LogP contribution in [0.5, 0.6) is 0 Å². The van der Waals surface area contributed by atoms with Gasteiger partial charge in [0.15, 0.2) is 0 Å². The van der Waals surface area contributed by atoms with E-state index in [1.54, 1.807) is 12.2 Å². The highest BCUT2D eigenvalue weighted by Crippen LogP contribution is 2.08. The summed E-state index contributed by atoms with van der Waals surface area (Å²) < 4.78 is 4.80. The minimum atomic E-state index is -0.370. The van der Waals surface area contributed by atoms with Crippen LogP contribution in [0.2, 0.25) is 0 Å². The van der Waals surface area contributed by atoms with Gasteiger partial charge < -0.3 is 10.5 Å². The predicted molar refractivity (Wildman–Crippen MR) is 116 cm³/mol. The third-order valence-electron chi connectivity index (χ3n) is 3.48. The Morgan fingerprint density at radius 2 is 1.35 bits per heavy atom. The SMILES string of the molecule is CCCCCCCCCC=CC=CC=CC=CC=CC(=O)OCCN.Cl. The van der Waals surface area contributed by atoms with Gasteiger partial charge >= 0.3 is 5.97 Å². The molecule has 3 nitrogen and oxygen atoms in total. The maximum absolute atomic E-state index is 11.1. The third kappa shape index (κ3) is 22.4. The first-order valence-corrected chi connectivity index (χ1v) is 9.51. The number of unbranched alkanes of at least 4 members (excludes halogenated alkanes) is 7. The van der Waals surface area contributed by atoms with E-state index in [1.165, 1.54) is 51.0 Å². The number of ether oxygens (including phenoxy) is 1. The Morgan fingerprint density at radius 3 is 1.96 bits per heavy atom. The van der Waals surface area contributed by atoms with Crippen molar-refractivity contribution < 1.29 is 9.53 Å². The number of rotatable bonds is 15. The summed E-state index contributed by atoms with van der Waals surface area (Å²) >= 11 is 0. The number of hydrogen-bond donors (Lipinski definition) is 1. The fourth-order valence-electron chi connectivity index (χ4n) is 2.12. The van der Waals surface area contributed by atoms with E-state index >= 15 is 0 Å². The Bertz CT molecular complexity index is 451. The van der Waals surface area contributed by atoms with E-state index in [4.69, 9.17) is 10.5 Å². The van der Waals surface area contributed by atoms with Crippen molar-refractivity contribution >= 4 is 18.4 Å². The summed E-state index contributed by atoms with van der Waals surface area (Å²) in [5.41, 5.74) is 5.24. The van der Waals surface area contributed by atoms with Crippen molar-refractivity contribution in [2.24, 2.45) is 5.73 Å². The first-order chi connectivity index (χ1) is 12.3. The van der Waals surface area contributed by atoms with Crippen molar-refractivity contribution in [3.63, 3.8) is 0 Å². The van der Waals surface area contributed by atoms with Gasteiger partial charge in [0.1, 0.15) is 6.61 Å². The second-order valence-electron chi connectivity index (χ2n) is 5.81. The highest BCUT2D eigenvalue weighted by Gasteiger charge is 1.92. The van der Waals surface area contributed by atoms with Gasteiger partial charge in [0.05, 0.1) is 0 Å². The minimum absolute atomic E-state index is 0. The van der Waals surface area contributed by atoms with Crippen LogP contribution in [0.15, 0.2) is 60.8 Å². The molecular weight excluding hydrogens is 346 g/mol. The van der Waals surface area contributed by atoms with E-state index < -0.39 is 0 Å². The summed E-state index contributed by atoms with van der Waals surface area (Å²) in [6.45, 7) is 2.85. The second kappa shape index (κ2) is 23.4. The van der Waals surface area contributed by atoms with Crippen molar-refractivity contribution in [3.05, 3.63) is 60.8 Å². The van der Waals surface area contributed by atoms with E-state index in [9.17, 15) is 4.79 Å². The molecule has 0 aliphatic rings. The van der Waals surface area contributed by atoms with Crippen molar-refractivity contribution in [2.45, 2.75) is 58.3 Å². The molecule has 148 valence electrons. The molecule has 0 bridgehead atoms. The largest absolute Gasteiger partial charge is 0.461 e. The van der Waals surface area contributed by atoms with Crippen LogP contribution in [0.1, 0.15) is 58.3 Å². The smallest absolute Gasteiger partial charge is 0.330 e. The molecule has 0 unspecified atom stereocenters. The number of nitrogens with two attached hydrogens (primary N) is 1. The van der Waals surface area contributed by atoms with Gasteiger partial charge in [-0.25, -0.2) is 4.79 Å². The highest BCUT2D eigenvalue weighted by atomic mass is 35.5. The second-order valence-corrected chi connectivity index (χ2v) is 5.81. The molecular formula is C22H36ClNO2. The summed E-state index contributed by atoms with van der Waals surface area (Å²) in [4.78, 5) is 11.1. The molecule has 0 saturated carbocycles. The first-order valence-electron chi connectivity index (χ1n) is 9.51. The summed E-state index contributed by atoms with van der Waals surface area (Å²) in [7, 11) is 0. The molecule has 0 fully saturated rings. The average Bonchev–Trinajstić information content (AvgIpc) is 2.62. The predicted octanol–water partition coefficient (Wildman–Crippen LogP) is 5.83. The van der Waals surface area contributed by atoms with Crippen LogP contribution in [0, 0.1) is 0 Å². The number of hydrogen-bond acceptors (Lipinski definition) is 3. The Hall–Kier alpha value is -1.58.